The molecule has 0 unspecified atom stereocenters. The van der Waals surface area contributed by atoms with Crippen molar-refractivity contribution < 1.29 is 9.59 Å². The number of rotatable bonds is 5. The van der Waals surface area contributed by atoms with Gasteiger partial charge in [0.05, 0.1) is 11.3 Å². The molecule has 0 fully saturated rings. The van der Waals surface area contributed by atoms with Gasteiger partial charge in [-0.25, -0.2) is 0 Å². The number of fused-ring (bicyclic) bond motifs is 1. The molecule has 0 bridgehead atoms. The van der Waals surface area contributed by atoms with Crippen molar-refractivity contribution in [2.24, 2.45) is 0 Å². The number of nitrogens with zero attached hydrogens (tertiary/aromatic N) is 2. The number of benzene rings is 2. The standard InChI is InChI=1S/C23H23N3O2/c1-4-5-12-26-20-9-7-6-8-17(20)21(23(26)28)18(14-24)22(27)25-19-13-15(2)10-11-16(19)3/h6-11,13H,4-5,12H2,1-3H3,(H,25,27)/b21-18+. The molecule has 1 heterocycles. The Kier molecular flexibility index (Phi) is 5.60. The van der Waals surface area contributed by atoms with Crippen molar-refractivity contribution in [2.75, 3.05) is 16.8 Å². The zero-order valence-electron chi connectivity index (χ0n) is 16.4. The number of nitrogens with one attached hydrogen (secondary N) is 1. The quantitative estimate of drug-likeness (QED) is 0.625. The molecule has 0 aromatic heterocycles. The topological polar surface area (TPSA) is 73.2 Å². The predicted molar refractivity (Wildman–Crippen MR) is 111 cm³/mol. The third-order valence-electron chi connectivity index (χ3n) is 4.89. The third kappa shape index (κ3) is 3.54. The van der Waals surface area contributed by atoms with Crippen LogP contribution in [0.25, 0.3) is 5.57 Å². The number of hydrogen-bond donors (Lipinski definition) is 1. The fourth-order valence-corrected chi connectivity index (χ4v) is 3.34. The summed E-state index contributed by atoms with van der Waals surface area (Å²) in [5.74, 6) is -0.853. The first-order chi connectivity index (χ1) is 13.5. The van der Waals surface area contributed by atoms with E-state index < -0.39 is 5.91 Å². The molecular formula is C23H23N3O2. The van der Waals surface area contributed by atoms with Crippen molar-refractivity contribution in [1.29, 1.82) is 5.26 Å². The van der Waals surface area contributed by atoms with Crippen LogP contribution in [0, 0.1) is 25.2 Å². The second-order valence-corrected chi connectivity index (χ2v) is 6.96. The molecule has 2 amide bonds. The molecule has 0 aliphatic carbocycles. The normalized spacial score (nSPS) is 14.5. The van der Waals surface area contributed by atoms with Gasteiger partial charge in [-0.2, -0.15) is 5.26 Å². The summed E-state index contributed by atoms with van der Waals surface area (Å²) >= 11 is 0. The second-order valence-electron chi connectivity index (χ2n) is 6.96. The van der Waals surface area contributed by atoms with Crippen LogP contribution in [0.2, 0.25) is 0 Å². The number of hydrogen-bond acceptors (Lipinski definition) is 3. The molecule has 5 nitrogen and oxygen atoms in total. The molecule has 142 valence electrons. The van der Waals surface area contributed by atoms with Gasteiger partial charge in [-0.1, -0.05) is 43.7 Å². The van der Waals surface area contributed by atoms with Crippen molar-refractivity contribution in [3.05, 3.63) is 64.7 Å². The number of unbranched alkanes of at least 4 members (excludes halogenated alkanes) is 1. The van der Waals surface area contributed by atoms with E-state index in [1.54, 1.807) is 11.0 Å². The van der Waals surface area contributed by atoms with Crippen LogP contribution in [0.4, 0.5) is 11.4 Å². The lowest BCUT2D eigenvalue weighted by Gasteiger charge is -2.16. The molecule has 0 saturated carbocycles. The molecule has 0 saturated heterocycles. The van der Waals surface area contributed by atoms with Gasteiger partial charge in [0, 0.05) is 17.8 Å². The minimum Gasteiger partial charge on any atom is -0.321 e. The van der Waals surface area contributed by atoms with E-state index >= 15 is 0 Å². The molecule has 2 aromatic carbocycles. The van der Waals surface area contributed by atoms with Crippen LogP contribution >= 0.6 is 0 Å². The molecule has 1 aliphatic heterocycles. The molecule has 1 N–H and O–H groups in total. The first kappa shape index (κ1) is 19.4. The fourth-order valence-electron chi connectivity index (χ4n) is 3.34. The number of para-hydroxylation sites is 1. The van der Waals surface area contributed by atoms with Crippen LogP contribution in [0.3, 0.4) is 0 Å². The van der Waals surface area contributed by atoms with Gasteiger partial charge in [0.2, 0.25) is 0 Å². The highest BCUT2D eigenvalue weighted by Crippen LogP contribution is 2.38. The molecule has 2 aromatic rings. The Morgan fingerprint density at radius 1 is 1.18 bits per heavy atom. The van der Waals surface area contributed by atoms with Crippen LogP contribution in [0.5, 0.6) is 0 Å². The third-order valence-corrected chi connectivity index (χ3v) is 4.89. The van der Waals surface area contributed by atoms with E-state index in [9.17, 15) is 14.9 Å². The largest absolute Gasteiger partial charge is 0.321 e. The van der Waals surface area contributed by atoms with Gasteiger partial charge in [0.25, 0.3) is 11.8 Å². The summed E-state index contributed by atoms with van der Waals surface area (Å²) < 4.78 is 0. The highest BCUT2D eigenvalue weighted by molar-refractivity contribution is 6.37. The maximum Gasteiger partial charge on any atom is 0.267 e. The summed E-state index contributed by atoms with van der Waals surface area (Å²) in [5, 5.41) is 12.5. The monoisotopic (exact) mass is 373 g/mol. The van der Waals surface area contributed by atoms with Gasteiger partial charge in [-0.15, -0.1) is 0 Å². The number of carbonyl (C=O) groups is 2. The number of amides is 2. The molecular weight excluding hydrogens is 350 g/mol. The lowest BCUT2D eigenvalue weighted by atomic mass is 10.0. The minimum atomic E-state index is -0.563. The zero-order valence-corrected chi connectivity index (χ0v) is 16.4. The lowest BCUT2D eigenvalue weighted by Crippen LogP contribution is -2.28. The van der Waals surface area contributed by atoms with Gasteiger partial charge in [-0.3, -0.25) is 9.59 Å². The van der Waals surface area contributed by atoms with E-state index in [1.165, 1.54) is 0 Å². The SMILES string of the molecule is CCCCN1C(=O)/C(=C(\C#N)C(=O)Nc2cc(C)ccc2C)c2ccccc21. The number of nitriles is 1. The predicted octanol–water partition coefficient (Wildman–Crippen LogP) is 4.37. The van der Waals surface area contributed by atoms with Gasteiger partial charge >= 0.3 is 0 Å². The minimum absolute atomic E-state index is 0.155. The maximum atomic E-state index is 13.1. The van der Waals surface area contributed by atoms with Crippen LogP contribution in [-0.4, -0.2) is 18.4 Å². The van der Waals surface area contributed by atoms with Gasteiger partial charge in [-0.05, 0) is 43.5 Å². The Bertz CT molecular complexity index is 1010. The van der Waals surface area contributed by atoms with Crippen LogP contribution in [0.1, 0.15) is 36.5 Å². The Balaban J connectivity index is 2.04. The molecule has 5 heteroatoms. The van der Waals surface area contributed by atoms with Crippen LogP contribution < -0.4 is 10.2 Å². The van der Waals surface area contributed by atoms with Crippen molar-refractivity contribution in [2.45, 2.75) is 33.6 Å². The summed E-state index contributed by atoms with van der Waals surface area (Å²) in [6.45, 7) is 6.44. The van der Waals surface area contributed by atoms with E-state index in [0.717, 1.165) is 29.7 Å². The molecule has 28 heavy (non-hydrogen) atoms. The molecule has 0 spiro atoms. The molecule has 0 atom stereocenters. The highest BCUT2D eigenvalue weighted by atomic mass is 16.2. The molecule has 3 rings (SSSR count). The van der Waals surface area contributed by atoms with E-state index in [-0.39, 0.29) is 17.1 Å². The van der Waals surface area contributed by atoms with E-state index in [2.05, 4.69) is 12.2 Å². The molecule has 1 aliphatic rings. The Hall–Kier alpha value is -3.39. The van der Waals surface area contributed by atoms with Gasteiger partial charge in [0.1, 0.15) is 11.6 Å². The number of aryl methyl sites for hydroxylation is 2. The van der Waals surface area contributed by atoms with Crippen LogP contribution in [-0.2, 0) is 9.59 Å². The summed E-state index contributed by atoms with van der Waals surface area (Å²) in [7, 11) is 0. The Morgan fingerprint density at radius 2 is 1.93 bits per heavy atom. The lowest BCUT2D eigenvalue weighted by molar-refractivity contribution is -0.114. The van der Waals surface area contributed by atoms with Crippen molar-refractivity contribution in [3.63, 3.8) is 0 Å². The number of carbonyl (C=O) groups excluding carboxylic acids is 2. The highest BCUT2D eigenvalue weighted by Gasteiger charge is 2.36. The molecule has 0 radical (unpaired) electrons. The number of anilines is 2. The first-order valence-corrected chi connectivity index (χ1v) is 9.42. The first-order valence-electron chi connectivity index (χ1n) is 9.42. The van der Waals surface area contributed by atoms with Crippen molar-refractivity contribution in [3.8, 4) is 6.07 Å². The Labute approximate surface area is 165 Å². The fraction of sp³-hybridized carbons (Fsp3) is 0.261. The van der Waals surface area contributed by atoms with Crippen molar-refractivity contribution >= 4 is 28.8 Å². The van der Waals surface area contributed by atoms with Crippen molar-refractivity contribution in [1.82, 2.24) is 0 Å². The summed E-state index contributed by atoms with van der Waals surface area (Å²) in [4.78, 5) is 27.7. The summed E-state index contributed by atoms with van der Waals surface area (Å²) in [6, 6.07) is 15.0. The van der Waals surface area contributed by atoms with E-state index in [4.69, 9.17) is 0 Å². The van der Waals surface area contributed by atoms with Gasteiger partial charge in [0.15, 0.2) is 0 Å². The Morgan fingerprint density at radius 3 is 2.64 bits per heavy atom. The average molecular weight is 373 g/mol. The summed E-state index contributed by atoms with van der Waals surface area (Å²) in [6.07, 6.45) is 1.80. The zero-order chi connectivity index (χ0) is 20.3. The van der Waals surface area contributed by atoms with E-state index in [0.29, 0.717) is 17.8 Å². The maximum absolute atomic E-state index is 13.1. The summed E-state index contributed by atoms with van der Waals surface area (Å²) in [5.41, 5.74) is 3.94. The van der Waals surface area contributed by atoms with Gasteiger partial charge < -0.3 is 10.2 Å². The average Bonchev–Trinajstić information content (AvgIpc) is 2.96. The smallest absolute Gasteiger partial charge is 0.267 e. The second kappa shape index (κ2) is 8.10. The van der Waals surface area contributed by atoms with E-state index in [1.807, 2.05) is 56.3 Å². The van der Waals surface area contributed by atoms with Crippen LogP contribution in [0.15, 0.2) is 48.0 Å².